The van der Waals surface area contributed by atoms with Gasteiger partial charge in [-0.05, 0) is 143 Å². The molecule has 5 aliphatic heterocycles. The lowest BCUT2D eigenvalue weighted by atomic mass is 9.87. The van der Waals surface area contributed by atoms with Crippen LogP contribution in [0.3, 0.4) is 0 Å². The third kappa shape index (κ3) is 8.52. The van der Waals surface area contributed by atoms with E-state index >= 15 is 0 Å². The second-order valence-corrected chi connectivity index (χ2v) is 18.2. The molecule has 0 spiro atoms. The zero-order valence-electron chi connectivity index (χ0n) is 36.2. The summed E-state index contributed by atoms with van der Waals surface area (Å²) in [5.41, 5.74) is 11.7. The lowest BCUT2D eigenvalue weighted by Gasteiger charge is -2.39. The van der Waals surface area contributed by atoms with Crippen LogP contribution in [0.25, 0.3) is 22.3 Å². The quantitative estimate of drug-likeness (QED) is 0.143. The van der Waals surface area contributed by atoms with Crippen LogP contribution in [0, 0.1) is 5.92 Å². The molecule has 5 aliphatic rings. The Morgan fingerprint density at radius 1 is 0.797 bits per heavy atom. The molecule has 4 fully saturated rings. The van der Waals surface area contributed by atoms with E-state index in [9.17, 15) is 19.2 Å². The third-order valence-corrected chi connectivity index (χ3v) is 14.3. The minimum absolute atomic E-state index is 0.0812. The van der Waals surface area contributed by atoms with Crippen molar-refractivity contribution < 1.29 is 23.9 Å². The van der Waals surface area contributed by atoms with Crippen LogP contribution >= 0.6 is 0 Å². The maximum Gasteiger partial charge on any atom is 0.320 e. The lowest BCUT2D eigenvalue weighted by Crippen LogP contribution is -2.52. The summed E-state index contributed by atoms with van der Waals surface area (Å²) in [7, 11) is 0. The molecular weight excluding hydrogens is 809 g/mol. The lowest BCUT2D eigenvalue weighted by molar-refractivity contribution is -0.136. The molecule has 64 heavy (non-hydrogen) atoms. The van der Waals surface area contributed by atoms with E-state index in [0.29, 0.717) is 54.9 Å². The Morgan fingerprint density at radius 3 is 2.25 bits per heavy atom. The summed E-state index contributed by atoms with van der Waals surface area (Å²) in [6.07, 6.45) is 10.3. The standard InChI is InChI=1S/C49H56N10O5/c50-45-43-44(34-8-11-39(12-9-34)64-38-6-2-1-3-7-38)54-59(46(43)52-31-51-45)37-20-27-57(28-21-37)49(63)56-25-16-32(17-26-56)5-4-22-55-23-18-33(19-24-55)35-10-13-40-36(29-35)30-58(48(40)62)41-14-15-42(60)53-47(41)61/h1-3,6-13,29,31-33,37,41H,4-5,14-28,30H2,(H2,50,51,52)(H,53,60,61). The molecule has 5 aromatic rings. The van der Waals surface area contributed by atoms with E-state index in [0.717, 1.165) is 105 Å². The number of hydrogen-bond donors (Lipinski definition) is 2. The Bertz CT molecular complexity index is 2520. The van der Waals surface area contributed by atoms with Crippen LogP contribution in [0.4, 0.5) is 10.6 Å². The fourth-order valence-corrected chi connectivity index (χ4v) is 10.6. The van der Waals surface area contributed by atoms with E-state index in [2.05, 4.69) is 37.2 Å². The van der Waals surface area contributed by atoms with Gasteiger partial charge in [0.15, 0.2) is 5.65 Å². The Balaban J connectivity index is 0.659. The van der Waals surface area contributed by atoms with E-state index in [-0.39, 0.29) is 36.2 Å². The number of hydrogen-bond acceptors (Lipinski definition) is 10. The van der Waals surface area contributed by atoms with Crippen molar-refractivity contribution in [2.45, 2.75) is 88.8 Å². The number of nitrogen functional groups attached to an aromatic ring is 1. The van der Waals surface area contributed by atoms with Crippen molar-refractivity contribution in [2.75, 3.05) is 51.5 Å². The molecule has 2 aromatic heterocycles. The van der Waals surface area contributed by atoms with Crippen molar-refractivity contribution in [1.29, 1.82) is 0 Å². The maximum absolute atomic E-state index is 13.7. The number of nitrogens with one attached hydrogen (secondary N) is 1. The number of nitrogens with zero attached hydrogens (tertiary/aromatic N) is 8. The predicted molar refractivity (Wildman–Crippen MR) is 241 cm³/mol. The van der Waals surface area contributed by atoms with Crippen molar-refractivity contribution in [2.24, 2.45) is 5.92 Å². The van der Waals surface area contributed by atoms with Crippen molar-refractivity contribution in [3.05, 3.63) is 95.8 Å². The summed E-state index contributed by atoms with van der Waals surface area (Å²) in [5.74, 6) is 2.23. The van der Waals surface area contributed by atoms with Crippen LogP contribution in [0.2, 0.25) is 0 Å². The van der Waals surface area contributed by atoms with Gasteiger partial charge in [0.25, 0.3) is 5.91 Å². The highest BCUT2D eigenvalue weighted by atomic mass is 16.5. The molecule has 7 heterocycles. The Hall–Kier alpha value is -6.35. The first-order valence-corrected chi connectivity index (χ1v) is 23.1. The zero-order valence-corrected chi connectivity index (χ0v) is 36.2. The van der Waals surface area contributed by atoms with Crippen LogP contribution in [0.15, 0.2) is 79.1 Å². The van der Waals surface area contributed by atoms with Crippen molar-refractivity contribution >= 4 is 40.6 Å². The van der Waals surface area contributed by atoms with Gasteiger partial charge in [0.2, 0.25) is 11.8 Å². The monoisotopic (exact) mass is 864 g/mol. The van der Waals surface area contributed by atoms with Gasteiger partial charge >= 0.3 is 6.03 Å². The molecule has 332 valence electrons. The SMILES string of the molecule is Nc1ncnc2c1c(-c1ccc(Oc3ccccc3)cc1)nn2C1CCN(C(=O)N2CCC(CCCN3CCC(c4ccc5c(c4)CN(C4CCC(=O)NC4=O)C5=O)CC3)CC2)CC1. The average molecular weight is 865 g/mol. The fraction of sp³-hybridized carbons (Fsp3) is 0.449. The van der Waals surface area contributed by atoms with E-state index in [1.165, 1.54) is 24.7 Å². The largest absolute Gasteiger partial charge is 0.457 e. The summed E-state index contributed by atoms with van der Waals surface area (Å²) in [6, 6.07) is 23.4. The number of rotatable bonds is 10. The van der Waals surface area contributed by atoms with Crippen LogP contribution in [0.1, 0.15) is 97.7 Å². The Labute approximate surface area is 372 Å². The molecule has 3 aromatic carbocycles. The summed E-state index contributed by atoms with van der Waals surface area (Å²) in [6.45, 7) is 6.59. The molecule has 15 heteroatoms. The van der Waals surface area contributed by atoms with Gasteiger partial charge in [-0.25, -0.2) is 19.4 Å². The summed E-state index contributed by atoms with van der Waals surface area (Å²) < 4.78 is 8.00. The maximum atomic E-state index is 13.7. The molecule has 10 rings (SSSR count). The molecule has 1 unspecified atom stereocenters. The molecule has 0 saturated carbocycles. The Kier molecular flexibility index (Phi) is 11.7. The third-order valence-electron chi connectivity index (χ3n) is 14.3. The number of likely N-dealkylation sites (tertiary alicyclic amines) is 3. The number of amides is 5. The number of fused-ring (bicyclic) bond motifs is 2. The minimum Gasteiger partial charge on any atom is -0.457 e. The van der Waals surface area contributed by atoms with Gasteiger partial charge in [-0.3, -0.25) is 19.7 Å². The van der Waals surface area contributed by atoms with Crippen molar-refractivity contribution in [3.8, 4) is 22.8 Å². The number of imide groups is 1. The van der Waals surface area contributed by atoms with Gasteiger partial charge in [0.05, 0.1) is 11.4 Å². The number of carbonyl (C=O) groups is 4. The molecule has 3 N–H and O–H groups in total. The van der Waals surface area contributed by atoms with E-state index in [1.54, 1.807) is 4.90 Å². The first kappa shape index (κ1) is 41.6. The van der Waals surface area contributed by atoms with Gasteiger partial charge in [0.1, 0.15) is 35.4 Å². The highest BCUT2D eigenvalue weighted by Gasteiger charge is 2.39. The molecule has 0 radical (unpaired) electrons. The number of ether oxygens (including phenoxy) is 1. The van der Waals surface area contributed by atoms with Crippen molar-refractivity contribution in [1.82, 2.24) is 44.7 Å². The van der Waals surface area contributed by atoms with E-state index < -0.39 is 6.04 Å². The zero-order chi connectivity index (χ0) is 43.7. The number of carbonyl (C=O) groups excluding carboxylic acids is 4. The van der Waals surface area contributed by atoms with Gasteiger partial charge in [-0.2, -0.15) is 5.10 Å². The molecule has 0 aliphatic carbocycles. The summed E-state index contributed by atoms with van der Waals surface area (Å²) in [4.78, 5) is 68.2. The first-order valence-electron chi connectivity index (χ1n) is 23.1. The number of benzene rings is 3. The number of anilines is 1. The van der Waals surface area contributed by atoms with Crippen molar-refractivity contribution in [3.63, 3.8) is 0 Å². The summed E-state index contributed by atoms with van der Waals surface area (Å²) >= 11 is 0. The first-order chi connectivity index (χ1) is 31.3. The topological polar surface area (TPSA) is 172 Å². The molecular formula is C49H56N10O5. The van der Waals surface area contributed by atoms with E-state index in [4.69, 9.17) is 15.6 Å². The second kappa shape index (κ2) is 18.0. The number of para-hydroxylation sites is 1. The van der Waals surface area contributed by atoms with Crippen LogP contribution < -0.4 is 15.8 Å². The summed E-state index contributed by atoms with van der Waals surface area (Å²) in [5, 5.41) is 8.20. The van der Waals surface area contributed by atoms with E-state index in [1.807, 2.05) is 70.2 Å². The molecule has 15 nitrogen and oxygen atoms in total. The predicted octanol–water partition coefficient (Wildman–Crippen LogP) is 6.76. The number of nitrogens with two attached hydrogens (primary N) is 1. The second-order valence-electron chi connectivity index (χ2n) is 18.2. The number of aromatic nitrogens is 4. The van der Waals surface area contributed by atoms with Gasteiger partial charge < -0.3 is 30.1 Å². The molecule has 4 saturated heterocycles. The highest BCUT2D eigenvalue weighted by molar-refractivity contribution is 6.05. The van der Waals surface area contributed by atoms with Gasteiger partial charge in [-0.1, -0.05) is 30.3 Å². The van der Waals surface area contributed by atoms with Crippen LogP contribution in [-0.2, 0) is 16.1 Å². The molecule has 1 atom stereocenters. The normalized spacial score (nSPS) is 20.5. The Morgan fingerprint density at radius 2 is 1.52 bits per heavy atom. The van der Waals surface area contributed by atoms with Crippen LogP contribution in [0.5, 0.6) is 11.5 Å². The number of piperidine rings is 4. The fourth-order valence-electron chi connectivity index (χ4n) is 10.6. The number of urea groups is 1. The highest BCUT2D eigenvalue weighted by Crippen LogP contribution is 2.37. The molecule has 0 bridgehead atoms. The molecule has 5 amide bonds. The average Bonchev–Trinajstić information content (AvgIpc) is 3.88. The van der Waals surface area contributed by atoms with Crippen LogP contribution in [-0.4, -0.2) is 115 Å². The smallest absolute Gasteiger partial charge is 0.320 e. The minimum atomic E-state index is -0.587. The van der Waals surface area contributed by atoms with Gasteiger partial charge in [0, 0.05) is 50.3 Å². The van der Waals surface area contributed by atoms with Gasteiger partial charge in [-0.15, -0.1) is 0 Å².